The summed E-state index contributed by atoms with van der Waals surface area (Å²) in [6.45, 7) is 3.83. The molecule has 1 saturated heterocycles. The lowest BCUT2D eigenvalue weighted by Gasteiger charge is -2.37. The molecule has 11 heteroatoms. The van der Waals surface area contributed by atoms with Crippen LogP contribution in [0.1, 0.15) is 18.5 Å². The van der Waals surface area contributed by atoms with E-state index in [1.54, 1.807) is 24.0 Å². The largest absolute Gasteiger partial charge is 0.493 e. The van der Waals surface area contributed by atoms with Gasteiger partial charge in [-0.3, -0.25) is 19.7 Å². The van der Waals surface area contributed by atoms with Crippen LogP contribution in [0.15, 0.2) is 17.1 Å². The summed E-state index contributed by atoms with van der Waals surface area (Å²) in [6.07, 6.45) is 0.800. The van der Waals surface area contributed by atoms with Gasteiger partial charge in [0.05, 0.1) is 27.9 Å². The molecule has 1 fully saturated rings. The summed E-state index contributed by atoms with van der Waals surface area (Å²) >= 11 is 0. The molecule has 2 heterocycles. The van der Waals surface area contributed by atoms with Gasteiger partial charge in [-0.1, -0.05) is 0 Å². The van der Waals surface area contributed by atoms with Gasteiger partial charge in [-0.15, -0.1) is 0 Å². The highest BCUT2D eigenvalue weighted by molar-refractivity contribution is 6.08. The van der Waals surface area contributed by atoms with Crippen LogP contribution in [0, 0.1) is 5.92 Å². The highest BCUT2D eigenvalue weighted by atomic mass is 16.5. The van der Waals surface area contributed by atoms with Crippen LogP contribution in [0.4, 0.5) is 0 Å². The van der Waals surface area contributed by atoms with Crippen molar-refractivity contribution >= 4 is 24.2 Å². The molecule has 0 spiro atoms. The number of piperazine rings is 1. The summed E-state index contributed by atoms with van der Waals surface area (Å²) in [6, 6.07) is 2.47. The smallest absolute Gasteiger partial charge is 0.321 e. The van der Waals surface area contributed by atoms with Crippen LogP contribution >= 0.6 is 0 Å². The number of esters is 1. The van der Waals surface area contributed by atoms with Crippen molar-refractivity contribution in [1.29, 1.82) is 0 Å². The molecule has 2 atom stereocenters. The molecule has 0 unspecified atom stereocenters. The molecule has 0 aromatic heterocycles. The van der Waals surface area contributed by atoms with Gasteiger partial charge in [-0.25, -0.2) is 4.99 Å². The summed E-state index contributed by atoms with van der Waals surface area (Å²) in [5.41, 5.74) is 0.538. The van der Waals surface area contributed by atoms with Crippen LogP contribution in [0.25, 0.3) is 0 Å². The summed E-state index contributed by atoms with van der Waals surface area (Å²) in [7, 11) is 4.46. The Morgan fingerprint density at radius 2 is 1.75 bits per heavy atom. The summed E-state index contributed by atoms with van der Waals surface area (Å²) in [4.78, 5) is 45.0. The number of carbonyl (C=O) groups excluding carboxylic acids is 3. The first-order valence-electron chi connectivity index (χ1n) is 10.3. The third-order valence-corrected chi connectivity index (χ3v) is 5.43. The van der Waals surface area contributed by atoms with Crippen LogP contribution in [0.3, 0.4) is 0 Å². The minimum absolute atomic E-state index is 0.134. The number of aliphatic imine (C=N–C) groups is 1. The second-order valence-corrected chi connectivity index (χ2v) is 7.20. The first kappa shape index (κ1) is 23.2. The lowest BCUT2D eigenvalue weighted by Crippen LogP contribution is -2.57. The van der Waals surface area contributed by atoms with Crippen molar-refractivity contribution in [3.8, 4) is 17.2 Å². The van der Waals surface area contributed by atoms with Crippen molar-refractivity contribution in [2.45, 2.75) is 13.0 Å². The lowest BCUT2D eigenvalue weighted by molar-refractivity contribution is -0.153. The van der Waals surface area contributed by atoms with E-state index in [4.69, 9.17) is 23.9 Å². The topological polar surface area (TPSA) is 119 Å². The molecule has 1 aromatic carbocycles. The van der Waals surface area contributed by atoms with Gasteiger partial charge in [-0.2, -0.15) is 0 Å². The van der Waals surface area contributed by atoms with Gasteiger partial charge in [0.1, 0.15) is 6.04 Å². The molecule has 0 saturated carbocycles. The van der Waals surface area contributed by atoms with Crippen molar-refractivity contribution in [3.05, 3.63) is 17.7 Å². The van der Waals surface area contributed by atoms with Crippen LogP contribution in [0.2, 0.25) is 0 Å². The summed E-state index contributed by atoms with van der Waals surface area (Å²) in [5, 5.41) is 2.73. The zero-order chi connectivity index (χ0) is 23.3. The van der Waals surface area contributed by atoms with E-state index in [-0.39, 0.29) is 6.61 Å². The van der Waals surface area contributed by atoms with Gasteiger partial charge in [0.15, 0.2) is 17.4 Å². The number of hydrogen-bond donors (Lipinski definition) is 1. The number of rotatable bonds is 7. The number of guanidine groups is 1. The summed E-state index contributed by atoms with van der Waals surface area (Å²) < 4.78 is 21.4. The number of amides is 2. The van der Waals surface area contributed by atoms with Crippen molar-refractivity contribution in [3.63, 3.8) is 0 Å². The van der Waals surface area contributed by atoms with E-state index in [2.05, 4.69) is 5.32 Å². The highest BCUT2D eigenvalue weighted by Gasteiger charge is 2.42. The number of benzene rings is 1. The standard InChI is InChI=1S/C21H28N4O7/c1-5-32-20(28)16-17(13-10-14(29-2)18(31-4)15(11-13)30-3)22-21(23-19(16)27)25-8-6-24(12-26)7-9-25/h10-12,16-17H,5-9H2,1-4H3,(H,22,23,27)/t16-,17-/m0/s1. The predicted octanol–water partition coefficient (Wildman–Crippen LogP) is 0.193. The van der Waals surface area contributed by atoms with Gasteiger partial charge in [-0.05, 0) is 24.6 Å². The Kier molecular flexibility index (Phi) is 7.39. The van der Waals surface area contributed by atoms with Gasteiger partial charge in [0.2, 0.25) is 24.0 Å². The predicted molar refractivity (Wildman–Crippen MR) is 114 cm³/mol. The highest BCUT2D eigenvalue weighted by Crippen LogP contribution is 2.42. The van der Waals surface area contributed by atoms with E-state index >= 15 is 0 Å². The Bertz CT molecular complexity index is 871. The SMILES string of the molecule is CCOC(=O)[C@@H]1C(=O)NC(N2CCN(C=O)CC2)=N[C@H]1c1cc(OC)c(OC)c(OC)c1. The second kappa shape index (κ2) is 10.2. The third kappa shape index (κ3) is 4.56. The number of hydrogen-bond acceptors (Lipinski definition) is 9. The molecule has 2 aliphatic rings. The van der Waals surface area contributed by atoms with E-state index in [0.717, 1.165) is 6.41 Å². The normalized spacial score (nSPS) is 20.8. The van der Waals surface area contributed by atoms with Crippen LogP contribution < -0.4 is 19.5 Å². The fraction of sp³-hybridized carbons (Fsp3) is 0.524. The Labute approximate surface area is 186 Å². The van der Waals surface area contributed by atoms with Crippen molar-refractivity contribution < 1.29 is 33.3 Å². The molecule has 0 bridgehead atoms. The Hall–Kier alpha value is -3.50. The van der Waals surface area contributed by atoms with E-state index in [0.29, 0.717) is 55.0 Å². The second-order valence-electron chi connectivity index (χ2n) is 7.20. The van der Waals surface area contributed by atoms with Crippen LogP contribution in [-0.2, 0) is 19.1 Å². The van der Waals surface area contributed by atoms with Crippen molar-refractivity contribution in [2.24, 2.45) is 10.9 Å². The average Bonchev–Trinajstić information content (AvgIpc) is 2.82. The molecule has 3 rings (SSSR count). The Morgan fingerprint density at radius 1 is 1.12 bits per heavy atom. The van der Waals surface area contributed by atoms with Crippen molar-refractivity contribution in [2.75, 3.05) is 54.1 Å². The molecule has 2 aliphatic heterocycles. The minimum atomic E-state index is -1.18. The van der Waals surface area contributed by atoms with E-state index < -0.39 is 23.8 Å². The quantitative estimate of drug-likeness (QED) is 0.357. The van der Waals surface area contributed by atoms with E-state index in [1.165, 1.54) is 21.3 Å². The Morgan fingerprint density at radius 3 is 2.25 bits per heavy atom. The number of methoxy groups -OCH3 is 3. The first-order chi connectivity index (χ1) is 15.5. The molecule has 174 valence electrons. The zero-order valence-electron chi connectivity index (χ0n) is 18.6. The van der Waals surface area contributed by atoms with E-state index in [1.807, 2.05) is 4.90 Å². The van der Waals surface area contributed by atoms with Gasteiger partial charge in [0, 0.05) is 26.2 Å². The first-order valence-corrected chi connectivity index (χ1v) is 10.3. The molecule has 32 heavy (non-hydrogen) atoms. The molecule has 2 amide bonds. The number of nitrogens with zero attached hydrogens (tertiary/aromatic N) is 3. The maximum atomic E-state index is 13.0. The fourth-order valence-corrected chi connectivity index (χ4v) is 3.78. The van der Waals surface area contributed by atoms with Crippen molar-refractivity contribution in [1.82, 2.24) is 15.1 Å². The fourth-order valence-electron chi connectivity index (χ4n) is 3.78. The number of ether oxygens (including phenoxy) is 4. The van der Waals surface area contributed by atoms with Crippen LogP contribution in [-0.4, -0.2) is 88.2 Å². The van der Waals surface area contributed by atoms with Gasteiger partial charge < -0.3 is 28.7 Å². The Balaban J connectivity index is 2.05. The molecule has 11 nitrogen and oxygen atoms in total. The molecule has 0 aliphatic carbocycles. The molecule has 1 aromatic rings. The molecule has 0 radical (unpaired) electrons. The molecular weight excluding hydrogens is 420 g/mol. The maximum Gasteiger partial charge on any atom is 0.321 e. The van der Waals surface area contributed by atoms with Gasteiger partial charge >= 0.3 is 5.97 Å². The van der Waals surface area contributed by atoms with E-state index in [9.17, 15) is 14.4 Å². The van der Waals surface area contributed by atoms with Crippen LogP contribution in [0.5, 0.6) is 17.2 Å². The minimum Gasteiger partial charge on any atom is -0.493 e. The maximum absolute atomic E-state index is 13.0. The average molecular weight is 448 g/mol. The zero-order valence-corrected chi connectivity index (χ0v) is 18.6. The molecular formula is C21H28N4O7. The molecule has 1 N–H and O–H groups in total. The third-order valence-electron chi connectivity index (χ3n) is 5.43. The number of carbonyl (C=O) groups is 3. The summed E-state index contributed by atoms with van der Waals surface area (Å²) in [5.74, 6) is -0.862. The monoisotopic (exact) mass is 448 g/mol. The lowest BCUT2D eigenvalue weighted by atomic mass is 9.90. The van der Waals surface area contributed by atoms with Gasteiger partial charge in [0.25, 0.3) is 0 Å². The number of nitrogens with one attached hydrogen (secondary N) is 1.